The minimum atomic E-state index is 0.811. The van der Waals surface area contributed by atoms with Gasteiger partial charge in [-0.1, -0.05) is 25.0 Å². The molecule has 0 radical (unpaired) electrons. The van der Waals surface area contributed by atoms with E-state index in [1.807, 2.05) is 6.07 Å². The second-order valence-electron chi connectivity index (χ2n) is 8.34. The maximum Gasteiger partial charge on any atom is 0.151 e. The molecule has 4 heterocycles. The molecule has 0 amide bonds. The van der Waals surface area contributed by atoms with Crippen LogP contribution < -0.4 is 15.1 Å². The lowest BCUT2D eigenvalue weighted by Gasteiger charge is -2.20. The number of nitrogens with zero attached hydrogens (tertiary/aromatic N) is 6. The molecule has 2 aliphatic heterocycles. The van der Waals surface area contributed by atoms with Gasteiger partial charge in [-0.05, 0) is 49.9 Å². The lowest BCUT2D eigenvalue weighted by atomic mass is 10.1. The Morgan fingerprint density at radius 1 is 0.645 bits per heavy atom. The summed E-state index contributed by atoms with van der Waals surface area (Å²) in [5.41, 5.74) is 2.94. The number of hydrogen-bond donors (Lipinski definition) is 1. The predicted molar refractivity (Wildman–Crippen MR) is 125 cm³/mol. The number of anilines is 4. The molecule has 3 aromatic rings. The first-order valence-electron chi connectivity index (χ1n) is 11.4. The Hall–Kier alpha value is -3.22. The van der Waals surface area contributed by atoms with Crippen molar-refractivity contribution in [3.05, 3.63) is 48.8 Å². The second-order valence-corrected chi connectivity index (χ2v) is 8.34. The zero-order valence-corrected chi connectivity index (χ0v) is 17.9. The lowest BCUT2D eigenvalue weighted by Crippen LogP contribution is -2.25. The highest BCUT2D eigenvalue weighted by atomic mass is 15.3. The molecule has 160 valence electrons. The summed E-state index contributed by atoms with van der Waals surface area (Å²) >= 11 is 0. The fourth-order valence-electron chi connectivity index (χ4n) is 4.35. The van der Waals surface area contributed by atoms with E-state index in [0.29, 0.717) is 0 Å². The van der Waals surface area contributed by atoms with Crippen molar-refractivity contribution in [2.45, 2.75) is 38.5 Å². The van der Waals surface area contributed by atoms with E-state index in [0.717, 1.165) is 60.6 Å². The van der Waals surface area contributed by atoms with Crippen LogP contribution in [0.2, 0.25) is 0 Å². The molecule has 2 aliphatic rings. The van der Waals surface area contributed by atoms with Gasteiger partial charge in [0, 0.05) is 43.5 Å². The zero-order valence-electron chi connectivity index (χ0n) is 17.9. The number of benzene rings is 1. The van der Waals surface area contributed by atoms with Gasteiger partial charge < -0.3 is 15.1 Å². The second kappa shape index (κ2) is 9.29. The van der Waals surface area contributed by atoms with Crippen LogP contribution in [0.3, 0.4) is 0 Å². The minimum Gasteiger partial charge on any atom is -0.356 e. The van der Waals surface area contributed by atoms with Gasteiger partial charge in [0.15, 0.2) is 5.82 Å². The van der Waals surface area contributed by atoms with E-state index < -0.39 is 0 Å². The molecule has 1 aromatic carbocycles. The molecule has 31 heavy (non-hydrogen) atoms. The Labute approximate surface area is 183 Å². The van der Waals surface area contributed by atoms with Crippen LogP contribution in [0, 0.1) is 0 Å². The summed E-state index contributed by atoms with van der Waals surface area (Å²) in [4.78, 5) is 13.5. The molecule has 0 bridgehead atoms. The minimum absolute atomic E-state index is 0.811. The lowest BCUT2D eigenvalue weighted by molar-refractivity contribution is 0.726. The first-order chi connectivity index (χ1) is 15.3. The maximum absolute atomic E-state index is 4.50. The highest BCUT2D eigenvalue weighted by Crippen LogP contribution is 2.25. The molecule has 0 spiro atoms. The van der Waals surface area contributed by atoms with Gasteiger partial charge >= 0.3 is 0 Å². The Bertz CT molecular complexity index is 974. The van der Waals surface area contributed by atoms with Crippen LogP contribution in [-0.4, -0.2) is 46.3 Å². The third-order valence-corrected chi connectivity index (χ3v) is 6.12. The average Bonchev–Trinajstić information content (AvgIpc) is 3.23. The van der Waals surface area contributed by atoms with Gasteiger partial charge in [-0.15, -0.1) is 10.2 Å². The van der Waals surface area contributed by atoms with Crippen molar-refractivity contribution in [2.75, 3.05) is 41.3 Å². The molecule has 0 unspecified atom stereocenters. The molecule has 2 fully saturated rings. The van der Waals surface area contributed by atoms with Crippen LogP contribution in [0.25, 0.3) is 11.3 Å². The number of nitrogens with one attached hydrogen (secondary N) is 1. The van der Waals surface area contributed by atoms with Crippen LogP contribution in [-0.2, 0) is 0 Å². The first-order valence-corrected chi connectivity index (χ1v) is 11.4. The van der Waals surface area contributed by atoms with Gasteiger partial charge in [-0.25, -0.2) is 9.97 Å². The van der Waals surface area contributed by atoms with E-state index in [4.69, 9.17) is 0 Å². The van der Waals surface area contributed by atoms with Crippen molar-refractivity contribution in [3.8, 4) is 11.3 Å². The third-order valence-electron chi connectivity index (χ3n) is 6.12. The summed E-state index contributed by atoms with van der Waals surface area (Å²) in [6, 6.07) is 14.4. The fraction of sp³-hybridized carbons (Fsp3) is 0.417. The number of hydrogen-bond acceptors (Lipinski definition) is 7. The molecule has 7 nitrogen and oxygen atoms in total. The quantitative estimate of drug-likeness (QED) is 0.650. The molecule has 0 aliphatic carbocycles. The van der Waals surface area contributed by atoms with Crippen molar-refractivity contribution in [1.29, 1.82) is 0 Å². The van der Waals surface area contributed by atoms with Crippen LogP contribution in [0.15, 0.2) is 48.8 Å². The van der Waals surface area contributed by atoms with Crippen LogP contribution in [0.5, 0.6) is 0 Å². The van der Waals surface area contributed by atoms with E-state index in [9.17, 15) is 0 Å². The van der Waals surface area contributed by atoms with Gasteiger partial charge in [0.05, 0.1) is 5.69 Å². The van der Waals surface area contributed by atoms with E-state index >= 15 is 0 Å². The Balaban J connectivity index is 1.25. The van der Waals surface area contributed by atoms with Crippen LogP contribution in [0.4, 0.5) is 23.1 Å². The molecule has 5 rings (SSSR count). The number of aromatic nitrogens is 4. The first kappa shape index (κ1) is 19.7. The molecule has 2 aromatic heterocycles. The highest BCUT2D eigenvalue weighted by Gasteiger charge is 2.14. The number of rotatable bonds is 5. The maximum atomic E-state index is 4.50. The molecule has 2 saturated heterocycles. The summed E-state index contributed by atoms with van der Waals surface area (Å²) in [5, 5.41) is 12.4. The van der Waals surface area contributed by atoms with Gasteiger partial charge in [0.25, 0.3) is 0 Å². The topological polar surface area (TPSA) is 70.1 Å². The van der Waals surface area contributed by atoms with E-state index in [1.165, 1.54) is 38.5 Å². The van der Waals surface area contributed by atoms with E-state index in [1.54, 1.807) is 6.33 Å². The third kappa shape index (κ3) is 4.76. The van der Waals surface area contributed by atoms with Gasteiger partial charge in [-0.2, -0.15) is 0 Å². The molecule has 0 saturated carbocycles. The van der Waals surface area contributed by atoms with E-state index in [2.05, 4.69) is 71.7 Å². The molecule has 1 N–H and O–H groups in total. The van der Waals surface area contributed by atoms with Crippen LogP contribution >= 0.6 is 0 Å². The van der Waals surface area contributed by atoms with Crippen molar-refractivity contribution in [3.63, 3.8) is 0 Å². The summed E-state index contributed by atoms with van der Waals surface area (Å²) in [6.45, 7) is 4.30. The molecular formula is C24H29N7. The monoisotopic (exact) mass is 415 g/mol. The average molecular weight is 416 g/mol. The summed E-state index contributed by atoms with van der Waals surface area (Å²) in [6.07, 6.45) is 9.21. The zero-order chi connectivity index (χ0) is 20.9. The normalized spacial score (nSPS) is 16.9. The molecule has 7 heteroatoms. The Kier molecular flexibility index (Phi) is 5.91. The summed E-state index contributed by atoms with van der Waals surface area (Å²) < 4.78 is 0. The highest BCUT2D eigenvalue weighted by molar-refractivity contribution is 5.66. The SMILES string of the molecule is c1nc(Nc2ccc(-c3ccc(N4CCCCCC4)nn3)cc2)cc(N2CCCC2)n1. The fourth-order valence-corrected chi connectivity index (χ4v) is 4.35. The van der Waals surface area contributed by atoms with Crippen molar-refractivity contribution >= 4 is 23.1 Å². The van der Waals surface area contributed by atoms with Gasteiger partial charge in [-0.3, -0.25) is 0 Å². The van der Waals surface area contributed by atoms with Gasteiger partial charge in [0.1, 0.15) is 18.0 Å². The Morgan fingerprint density at radius 3 is 2.00 bits per heavy atom. The predicted octanol–water partition coefficient (Wildman–Crippen LogP) is 4.66. The smallest absolute Gasteiger partial charge is 0.151 e. The Morgan fingerprint density at radius 2 is 1.32 bits per heavy atom. The van der Waals surface area contributed by atoms with E-state index in [-0.39, 0.29) is 0 Å². The summed E-state index contributed by atoms with van der Waals surface area (Å²) in [7, 11) is 0. The standard InChI is InChI=1S/C24H29N7/c1-2-4-14-30(13-3-1)23-12-11-21(28-29-23)19-7-9-20(10-8-19)27-22-17-24(26-18-25-22)31-15-5-6-16-31/h7-12,17-18H,1-6,13-16H2,(H,25,26,27). The van der Waals surface area contributed by atoms with Crippen LogP contribution in [0.1, 0.15) is 38.5 Å². The van der Waals surface area contributed by atoms with Gasteiger partial charge in [0.2, 0.25) is 0 Å². The molecular weight excluding hydrogens is 386 g/mol. The van der Waals surface area contributed by atoms with Crippen molar-refractivity contribution in [2.24, 2.45) is 0 Å². The van der Waals surface area contributed by atoms with Crippen molar-refractivity contribution < 1.29 is 0 Å². The molecule has 0 atom stereocenters. The largest absolute Gasteiger partial charge is 0.356 e. The van der Waals surface area contributed by atoms with Crippen molar-refractivity contribution in [1.82, 2.24) is 20.2 Å². The summed E-state index contributed by atoms with van der Waals surface area (Å²) in [5.74, 6) is 2.79.